The van der Waals surface area contributed by atoms with Gasteiger partial charge in [-0.2, -0.15) is 0 Å². The Kier molecular flexibility index (Phi) is 4.84. The van der Waals surface area contributed by atoms with Gasteiger partial charge in [-0.05, 0) is 35.3 Å². The minimum absolute atomic E-state index is 0.345. The highest BCUT2D eigenvalue weighted by Gasteiger charge is 2.12. The quantitative estimate of drug-likeness (QED) is 0.761. The summed E-state index contributed by atoms with van der Waals surface area (Å²) in [6, 6.07) is 10.4. The summed E-state index contributed by atoms with van der Waals surface area (Å²) in [5, 5.41) is 24.6. The summed E-state index contributed by atoms with van der Waals surface area (Å²) in [7, 11) is 0. The maximum atomic E-state index is 11.6. The average Bonchev–Trinajstić information content (AvgIpc) is 2.93. The lowest BCUT2D eigenvalue weighted by Crippen LogP contribution is -1.98. The van der Waals surface area contributed by atoms with E-state index in [1.165, 1.54) is 5.56 Å². The van der Waals surface area contributed by atoms with Crippen LogP contribution in [0.5, 0.6) is 0 Å². The van der Waals surface area contributed by atoms with Gasteiger partial charge in [-0.15, -0.1) is 5.10 Å². The molecule has 0 aliphatic rings. The number of H-pyrrole nitrogens is 1. The molecule has 1 aromatic heterocycles. The Balaban J connectivity index is 1.59. The van der Waals surface area contributed by atoms with Crippen LogP contribution in [0.25, 0.3) is 0 Å². The van der Waals surface area contributed by atoms with Crippen molar-refractivity contribution in [1.29, 1.82) is 0 Å². The fourth-order valence-electron chi connectivity index (χ4n) is 1.92. The van der Waals surface area contributed by atoms with E-state index in [0.717, 1.165) is 25.7 Å². The lowest BCUT2D eigenvalue weighted by molar-refractivity contribution is 0.0710. The van der Waals surface area contributed by atoms with Crippen LogP contribution < -0.4 is 0 Å². The van der Waals surface area contributed by atoms with Crippen molar-refractivity contribution in [2.75, 3.05) is 0 Å². The topological polar surface area (TPSA) is 74.4 Å². The molecule has 1 aromatic carbocycles. The molecule has 1 N–H and O–H groups in total. The molecule has 1 radical (unpaired) electrons. The SMILES string of the molecule is [O]C(CCCCCc1ccccc1)c1nnn[nH]1. The summed E-state index contributed by atoms with van der Waals surface area (Å²) in [5.41, 5.74) is 1.36. The third kappa shape index (κ3) is 3.92. The first-order valence-electron chi connectivity index (χ1n) is 6.29. The molecule has 0 fully saturated rings. The van der Waals surface area contributed by atoms with Crippen LogP contribution in [0.2, 0.25) is 0 Å². The van der Waals surface area contributed by atoms with Gasteiger partial charge in [0.1, 0.15) is 0 Å². The molecular weight excluding hydrogens is 228 g/mol. The highest BCUT2D eigenvalue weighted by Crippen LogP contribution is 2.16. The summed E-state index contributed by atoms with van der Waals surface area (Å²) in [5.74, 6) is 0.345. The minimum Gasteiger partial charge on any atom is -0.240 e. The number of rotatable bonds is 7. The molecule has 0 saturated heterocycles. The molecule has 0 amide bonds. The number of benzene rings is 1. The van der Waals surface area contributed by atoms with Gasteiger partial charge in [0.05, 0.1) is 0 Å². The summed E-state index contributed by atoms with van der Waals surface area (Å²) in [6.45, 7) is 0. The maximum Gasteiger partial charge on any atom is 0.181 e. The molecular formula is C13H17N4O. The Hall–Kier alpha value is -1.75. The van der Waals surface area contributed by atoms with E-state index in [9.17, 15) is 5.11 Å². The van der Waals surface area contributed by atoms with Crippen LogP contribution in [-0.2, 0) is 11.5 Å². The molecule has 0 bridgehead atoms. The Morgan fingerprint density at radius 2 is 1.94 bits per heavy atom. The predicted octanol–water partition coefficient (Wildman–Crippen LogP) is 2.47. The zero-order chi connectivity index (χ0) is 12.6. The van der Waals surface area contributed by atoms with Crippen molar-refractivity contribution < 1.29 is 5.11 Å². The predicted molar refractivity (Wildman–Crippen MR) is 66.2 cm³/mol. The van der Waals surface area contributed by atoms with Gasteiger partial charge in [-0.25, -0.2) is 10.2 Å². The van der Waals surface area contributed by atoms with Crippen molar-refractivity contribution in [3.63, 3.8) is 0 Å². The van der Waals surface area contributed by atoms with Gasteiger partial charge in [0.15, 0.2) is 11.9 Å². The standard InChI is InChI=1S/C13H17N4O/c18-12(13-14-16-17-15-13)10-6-2-5-9-11-7-3-1-4-8-11/h1,3-4,7-8,12H,2,5-6,9-10H2,(H,14,15,16,17). The first kappa shape index (κ1) is 12.7. The van der Waals surface area contributed by atoms with Crippen LogP contribution in [0.4, 0.5) is 0 Å². The first-order chi connectivity index (χ1) is 8.86. The van der Waals surface area contributed by atoms with Crippen LogP contribution in [0.1, 0.15) is 43.2 Å². The minimum atomic E-state index is -0.822. The molecule has 2 rings (SSSR count). The normalized spacial score (nSPS) is 12.5. The van der Waals surface area contributed by atoms with Crippen LogP contribution in [0.15, 0.2) is 30.3 Å². The van der Waals surface area contributed by atoms with Crippen LogP contribution >= 0.6 is 0 Å². The Morgan fingerprint density at radius 3 is 2.67 bits per heavy atom. The third-order valence-corrected chi connectivity index (χ3v) is 2.94. The molecule has 1 heterocycles. The van der Waals surface area contributed by atoms with Crippen molar-refractivity contribution >= 4 is 0 Å². The van der Waals surface area contributed by atoms with Crippen LogP contribution in [0, 0.1) is 0 Å². The number of unbranched alkanes of at least 4 members (excludes halogenated alkanes) is 2. The van der Waals surface area contributed by atoms with Crippen molar-refractivity contribution in [3.05, 3.63) is 41.7 Å². The number of nitrogens with one attached hydrogen (secondary N) is 1. The lowest BCUT2D eigenvalue weighted by Gasteiger charge is -2.04. The molecule has 1 atom stereocenters. The van der Waals surface area contributed by atoms with Gasteiger partial charge in [-0.1, -0.05) is 43.2 Å². The van der Waals surface area contributed by atoms with Crippen LogP contribution in [-0.4, -0.2) is 20.6 Å². The smallest absolute Gasteiger partial charge is 0.181 e. The largest absolute Gasteiger partial charge is 0.240 e. The van der Waals surface area contributed by atoms with Gasteiger partial charge < -0.3 is 0 Å². The van der Waals surface area contributed by atoms with E-state index in [1.807, 2.05) is 6.07 Å². The molecule has 0 aliphatic carbocycles. The lowest BCUT2D eigenvalue weighted by atomic mass is 10.0. The second kappa shape index (κ2) is 6.86. The molecule has 18 heavy (non-hydrogen) atoms. The summed E-state index contributed by atoms with van der Waals surface area (Å²) < 4.78 is 0. The van der Waals surface area contributed by atoms with E-state index in [2.05, 4.69) is 44.9 Å². The number of tetrazole rings is 1. The van der Waals surface area contributed by atoms with E-state index >= 15 is 0 Å². The van der Waals surface area contributed by atoms with Gasteiger partial charge in [-0.3, -0.25) is 0 Å². The highest BCUT2D eigenvalue weighted by molar-refractivity contribution is 5.14. The molecule has 1 unspecified atom stereocenters. The monoisotopic (exact) mass is 245 g/mol. The van der Waals surface area contributed by atoms with Crippen molar-refractivity contribution in [2.45, 2.75) is 38.2 Å². The first-order valence-corrected chi connectivity index (χ1v) is 6.29. The van der Waals surface area contributed by atoms with Gasteiger partial charge in [0.25, 0.3) is 0 Å². The molecule has 0 aliphatic heterocycles. The highest BCUT2D eigenvalue weighted by atomic mass is 16.3. The van der Waals surface area contributed by atoms with Gasteiger partial charge in [0.2, 0.25) is 0 Å². The van der Waals surface area contributed by atoms with E-state index < -0.39 is 6.10 Å². The number of nitrogens with zero attached hydrogens (tertiary/aromatic N) is 3. The molecule has 95 valence electrons. The summed E-state index contributed by atoms with van der Waals surface area (Å²) >= 11 is 0. The number of aromatic amines is 1. The van der Waals surface area contributed by atoms with E-state index in [1.54, 1.807) is 0 Å². The zero-order valence-electron chi connectivity index (χ0n) is 10.2. The third-order valence-electron chi connectivity index (χ3n) is 2.94. The maximum absolute atomic E-state index is 11.6. The molecule has 2 aromatic rings. The van der Waals surface area contributed by atoms with Crippen LogP contribution in [0.3, 0.4) is 0 Å². The zero-order valence-corrected chi connectivity index (χ0v) is 10.2. The van der Waals surface area contributed by atoms with Crippen molar-refractivity contribution in [2.24, 2.45) is 0 Å². The Labute approximate surface area is 106 Å². The summed E-state index contributed by atoms with van der Waals surface area (Å²) in [4.78, 5) is 0. The Morgan fingerprint density at radius 1 is 1.11 bits per heavy atom. The second-order valence-corrected chi connectivity index (χ2v) is 4.36. The number of hydrogen-bond acceptors (Lipinski definition) is 3. The van der Waals surface area contributed by atoms with E-state index in [0.29, 0.717) is 12.2 Å². The van der Waals surface area contributed by atoms with Crippen molar-refractivity contribution in [1.82, 2.24) is 20.6 Å². The average molecular weight is 245 g/mol. The van der Waals surface area contributed by atoms with E-state index in [4.69, 9.17) is 0 Å². The molecule has 0 spiro atoms. The summed E-state index contributed by atoms with van der Waals surface area (Å²) in [6.07, 6.45) is 3.94. The molecule has 5 heteroatoms. The number of aromatic nitrogens is 4. The second-order valence-electron chi connectivity index (χ2n) is 4.36. The fraction of sp³-hybridized carbons (Fsp3) is 0.462. The Bertz CT molecular complexity index is 430. The van der Waals surface area contributed by atoms with Gasteiger partial charge in [0, 0.05) is 0 Å². The molecule has 5 nitrogen and oxygen atoms in total. The van der Waals surface area contributed by atoms with Crippen molar-refractivity contribution in [3.8, 4) is 0 Å². The van der Waals surface area contributed by atoms with E-state index in [-0.39, 0.29) is 0 Å². The molecule has 0 saturated carbocycles. The number of hydrogen-bond donors (Lipinski definition) is 1. The fourth-order valence-corrected chi connectivity index (χ4v) is 1.92. The number of aryl methyl sites for hydroxylation is 1. The van der Waals surface area contributed by atoms with Gasteiger partial charge >= 0.3 is 0 Å².